The summed E-state index contributed by atoms with van der Waals surface area (Å²) in [7, 11) is 0. The van der Waals surface area contributed by atoms with Gasteiger partial charge in [0.1, 0.15) is 11.1 Å². The van der Waals surface area contributed by atoms with E-state index in [1.165, 1.54) is 0 Å². The summed E-state index contributed by atoms with van der Waals surface area (Å²) >= 11 is 4.84. The van der Waals surface area contributed by atoms with Gasteiger partial charge in [-0.2, -0.15) is 0 Å². The van der Waals surface area contributed by atoms with Gasteiger partial charge in [-0.1, -0.05) is 19.1 Å². The maximum atomic E-state index is 11.6. The van der Waals surface area contributed by atoms with Crippen molar-refractivity contribution in [3.63, 3.8) is 0 Å². The zero-order chi connectivity index (χ0) is 11.3. The minimum atomic E-state index is -0.305. The van der Waals surface area contributed by atoms with Gasteiger partial charge in [0.15, 0.2) is 0 Å². The molecule has 1 saturated heterocycles. The molecule has 1 heterocycles. The standard InChI is InChI=1S/C9H17N3O2S/c1-2-3-11-9(13)12-4-5-14-7(6-12)8(10)15/h7H,2-6H2,1H3,(H2,10,15)(H,11,13). The first-order chi connectivity index (χ1) is 7.15. The molecule has 1 unspecified atom stereocenters. The summed E-state index contributed by atoms with van der Waals surface area (Å²) in [6.07, 6.45) is 0.621. The normalized spacial score (nSPS) is 21.1. The van der Waals surface area contributed by atoms with Gasteiger partial charge in [-0.05, 0) is 6.42 Å². The lowest BCUT2D eigenvalue weighted by Gasteiger charge is -2.32. The molecular weight excluding hydrogens is 214 g/mol. The highest BCUT2D eigenvalue weighted by molar-refractivity contribution is 7.80. The van der Waals surface area contributed by atoms with E-state index < -0.39 is 0 Å². The second-order valence-corrected chi connectivity index (χ2v) is 3.91. The lowest BCUT2D eigenvalue weighted by atomic mass is 10.3. The number of carbonyl (C=O) groups excluding carboxylic acids is 1. The van der Waals surface area contributed by atoms with Crippen LogP contribution >= 0.6 is 12.2 Å². The van der Waals surface area contributed by atoms with E-state index in [2.05, 4.69) is 5.32 Å². The Labute approximate surface area is 94.9 Å². The van der Waals surface area contributed by atoms with E-state index in [-0.39, 0.29) is 12.1 Å². The maximum Gasteiger partial charge on any atom is 0.317 e. The van der Waals surface area contributed by atoms with Crippen LogP contribution in [0.15, 0.2) is 0 Å². The predicted octanol–water partition coefficient (Wildman–Crippen LogP) is 0.0929. The van der Waals surface area contributed by atoms with Crippen molar-refractivity contribution in [2.24, 2.45) is 5.73 Å². The van der Waals surface area contributed by atoms with E-state index in [0.29, 0.717) is 31.2 Å². The first-order valence-electron chi connectivity index (χ1n) is 5.08. The number of carbonyl (C=O) groups is 1. The molecule has 0 radical (unpaired) electrons. The molecule has 1 atom stereocenters. The molecule has 1 fully saturated rings. The Hall–Kier alpha value is -0.880. The fourth-order valence-electron chi connectivity index (χ4n) is 1.35. The quantitative estimate of drug-likeness (QED) is 0.676. The highest BCUT2D eigenvalue weighted by atomic mass is 32.1. The number of ether oxygens (including phenoxy) is 1. The number of thiocarbonyl (C=S) groups is 1. The molecule has 0 aromatic carbocycles. The highest BCUT2D eigenvalue weighted by Gasteiger charge is 2.25. The summed E-state index contributed by atoms with van der Waals surface area (Å²) in [5.41, 5.74) is 5.48. The van der Waals surface area contributed by atoms with E-state index in [0.717, 1.165) is 6.42 Å². The van der Waals surface area contributed by atoms with Gasteiger partial charge in [0.2, 0.25) is 0 Å². The number of urea groups is 1. The first-order valence-corrected chi connectivity index (χ1v) is 5.49. The van der Waals surface area contributed by atoms with Crippen molar-refractivity contribution in [2.75, 3.05) is 26.2 Å². The van der Waals surface area contributed by atoms with Gasteiger partial charge < -0.3 is 20.7 Å². The van der Waals surface area contributed by atoms with Gasteiger partial charge in [0.25, 0.3) is 0 Å². The number of amides is 2. The van der Waals surface area contributed by atoms with Crippen LogP contribution in [0.25, 0.3) is 0 Å². The minimum Gasteiger partial charge on any atom is -0.391 e. The van der Waals surface area contributed by atoms with Crippen molar-refractivity contribution in [3.05, 3.63) is 0 Å². The third kappa shape index (κ3) is 3.64. The van der Waals surface area contributed by atoms with Crippen LogP contribution < -0.4 is 11.1 Å². The second kappa shape index (κ2) is 5.87. The van der Waals surface area contributed by atoms with Crippen molar-refractivity contribution in [1.29, 1.82) is 0 Å². The van der Waals surface area contributed by atoms with Gasteiger partial charge >= 0.3 is 6.03 Å². The van der Waals surface area contributed by atoms with Gasteiger partial charge in [-0.15, -0.1) is 0 Å². The molecule has 0 aliphatic carbocycles. The summed E-state index contributed by atoms with van der Waals surface area (Å²) in [5, 5.41) is 2.81. The predicted molar refractivity (Wildman–Crippen MR) is 61.8 cm³/mol. The summed E-state index contributed by atoms with van der Waals surface area (Å²) < 4.78 is 5.34. The molecule has 86 valence electrons. The Morgan fingerprint density at radius 1 is 1.73 bits per heavy atom. The SMILES string of the molecule is CCCNC(=O)N1CCOC(C(N)=S)C1. The molecule has 1 rings (SSSR count). The maximum absolute atomic E-state index is 11.6. The number of hydrogen-bond donors (Lipinski definition) is 2. The monoisotopic (exact) mass is 231 g/mol. The Kier molecular flexibility index (Phi) is 4.77. The molecule has 1 aliphatic rings. The third-order valence-corrected chi connectivity index (χ3v) is 2.46. The van der Waals surface area contributed by atoms with Crippen molar-refractivity contribution in [1.82, 2.24) is 10.2 Å². The van der Waals surface area contributed by atoms with Crippen molar-refractivity contribution < 1.29 is 9.53 Å². The average molecular weight is 231 g/mol. The fourth-order valence-corrected chi connectivity index (χ4v) is 1.49. The molecule has 6 heteroatoms. The first kappa shape index (κ1) is 12.2. The van der Waals surface area contributed by atoms with Gasteiger partial charge in [-0.3, -0.25) is 0 Å². The molecule has 0 aromatic heterocycles. The van der Waals surface area contributed by atoms with Crippen molar-refractivity contribution in [2.45, 2.75) is 19.4 Å². The van der Waals surface area contributed by atoms with Crippen LogP contribution in [0.5, 0.6) is 0 Å². The number of nitrogens with one attached hydrogen (secondary N) is 1. The van der Waals surface area contributed by atoms with Crippen LogP contribution in [0.3, 0.4) is 0 Å². The smallest absolute Gasteiger partial charge is 0.317 e. The molecule has 0 saturated carbocycles. The molecule has 15 heavy (non-hydrogen) atoms. The molecule has 5 nitrogen and oxygen atoms in total. The van der Waals surface area contributed by atoms with Crippen LogP contribution in [0, 0.1) is 0 Å². The van der Waals surface area contributed by atoms with E-state index in [1.54, 1.807) is 4.90 Å². The largest absolute Gasteiger partial charge is 0.391 e. The van der Waals surface area contributed by atoms with E-state index in [4.69, 9.17) is 22.7 Å². The van der Waals surface area contributed by atoms with Crippen molar-refractivity contribution in [3.8, 4) is 0 Å². The number of nitrogens with two attached hydrogens (primary N) is 1. The van der Waals surface area contributed by atoms with E-state index in [9.17, 15) is 4.79 Å². The van der Waals surface area contributed by atoms with Gasteiger partial charge in [0, 0.05) is 13.1 Å². The Morgan fingerprint density at radius 2 is 2.47 bits per heavy atom. The molecule has 2 amide bonds. The zero-order valence-corrected chi connectivity index (χ0v) is 9.68. The second-order valence-electron chi connectivity index (χ2n) is 3.44. The van der Waals surface area contributed by atoms with Gasteiger partial charge in [0.05, 0.1) is 13.2 Å². The lowest BCUT2D eigenvalue weighted by Crippen LogP contribution is -2.52. The topological polar surface area (TPSA) is 67.6 Å². The van der Waals surface area contributed by atoms with E-state index in [1.807, 2.05) is 6.92 Å². The fraction of sp³-hybridized carbons (Fsp3) is 0.778. The number of nitrogens with zero attached hydrogens (tertiary/aromatic N) is 1. The summed E-state index contributed by atoms with van der Waals surface area (Å²) in [6.45, 7) is 4.23. The summed E-state index contributed by atoms with van der Waals surface area (Å²) in [6, 6.07) is -0.0681. The molecule has 0 bridgehead atoms. The van der Waals surface area contributed by atoms with Crippen molar-refractivity contribution >= 4 is 23.2 Å². The van der Waals surface area contributed by atoms with Gasteiger partial charge in [-0.25, -0.2) is 4.79 Å². The van der Waals surface area contributed by atoms with Crippen LogP contribution in [-0.4, -0.2) is 48.3 Å². The Morgan fingerprint density at radius 3 is 3.07 bits per heavy atom. The Bertz CT molecular complexity index is 248. The zero-order valence-electron chi connectivity index (χ0n) is 8.86. The number of hydrogen-bond acceptors (Lipinski definition) is 3. The minimum absolute atomic E-state index is 0.0681. The molecule has 0 spiro atoms. The number of morpholine rings is 1. The molecule has 0 aromatic rings. The summed E-state index contributed by atoms with van der Waals surface area (Å²) in [5.74, 6) is 0. The third-order valence-electron chi connectivity index (χ3n) is 2.20. The van der Waals surface area contributed by atoms with Crippen LogP contribution in [0.2, 0.25) is 0 Å². The average Bonchev–Trinajstić information content (AvgIpc) is 2.26. The lowest BCUT2D eigenvalue weighted by molar-refractivity contribution is 0.0226. The number of rotatable bonds is 3. The molecule has 3 N–H and O–H groups in total. The Balaban J connectivity index is 2.41. The molecule has 1 aliphatic heterocycles. The molecular formula is C9H17N3O2S. The summed E-state index contributed by atoms with van der Waals surface area (Å²) in [4.78, 5) is 13.6. The van der Waals surface area contributed by atoms with Crippen LogP contribution in [-0.2, 0) is 4.74 Å². The van der Waals surface area contributed by atoms with E-state index >= 15 is 0 Å². The van der Waals surface area contributed by atoms with Crippen LogP contribution in [0.1, 0.15) is 13.3 Å². The van der Waals surface area contributed by atoms with Crippen LogP contribution in [0.4, 0.5) is 4.79 Å². The highest BCUT2D eigenvalue weighted by Crippen LogP contribution is 2.05.